The van der Waals surface area contributed by atoms with E-state index in [4.69, 9.17) is 0 Å². The van der Waals surface area contributed by atoms with E-state index in [0.717, 1.165) is 11.8 Å². The van der Waals surface area contributed by atoms with Crippen molar-refractivity contribution in [2.75, 3.05) is 53.2 Å². The average Bonchev–Trinajstić information content (AvgIpc) is 2.83. The van der Waals surface area contributed by atoms with Gasteiger partial charge in [-0.05, 0) is 38.1 Å². The van der Waals surface area contributed by atoms with Crippen molar-refractivity contribution in [3.05, 3.63) is 54.2 Å². The summed E-state index contributed by atoms with van der Waals surface area (Å²) in [4.78, 5) is 23.4. The lowest BCUT2D eigenvalue weighted by Gasteiger charge is -2.36. The molecule has 1 aliphatic heterocycles. The van der Waals surface area contributed by atoms with E-state index in [9.17, 15) is 13.2 Å². The Hall–Kier alpha value is -3.63. The first-order valence-electron chi connectivity index (χ1n) is 11.1. The van der Waals surface area contributed by atoms with Crippen molar-refractivity contribution in [1.29, 1.82) is 0 Å². The third-order valence-electron chi connectivity index (χ3n) is 5.69. The molecule has 0 saturated carbocycles. The number of aromatic nitrogens is 4. The molecular formula is C23H27F3N8. The van der Waals surface area contributed by atoms with Crippen molar-refractivity contribution >= 4 is 29.4 Å². The molecule has 3 heterocycles. The van der Waals surface area contributed by atoms with Crippen molar-refractivity contribution in [2.24, 2.45) is 0 Å². The highest BCUT2D eigenvalue weighted by molar-refractivity contribution is 5.56. The third-order valence-corrected chi connectivity index (χ3v) is 5.69. The smallest absolute Gasteiger partial charge is 0.353 e. The normalized spacial score (nSPS) is 14.4. The van der Waals surface area contributed by atoms with Crippen molar-refractivity contribution in [1.82, 2.24) is 19.9 Å². The van der Waals surface area contributed by atoms with Gasteiger partial charge in [-0.1, -0.05) is 18.2 Å². The molecule has 0 spiro atoms. The summed E-state index contributed by atoms with van der Waals surface area (Å²) in [5.74, 6) is 1.36. The van der Waals surface area contributed by atoms with E-state index < -0.39 is 11.7 Å². The van der Waals surface area contributed by atoms with Crippen molar-refractivity contribution in [2.45, 2.75) is 26.1 Å². The van der Waals surface area contributed by atoms with Crippen LogP contribution in [-0.4, -0.2) is 59.2 Å². The maximum absolute atomic E-state index is 13.4. The molecule has 0 unspecified atom stereocenters. The summed E-state index contributed by atoms with van der Waals surface area (Å²) < 4.78 is 40.3. The van der Waals surface area contributed by atoms with E-state index in [2.05, 4.69) is 25.3 Å². The summed E-state index contributed by atoms with van der Waals surface area (Å²) in [5.41, 5.74) is 0.122. The van der Waals surface area contributed by atoms with Crippen LogP contribution in [0.2, 0.25) is 0 Å². The number of halogens is 3. The molecule has 1 N–H and O–H groups in total. The predicted molar refractivity (Wildman–Crippen MR) is 127 cm³/mol. The van der Waals surface area contributed by atoms with Crippen LogP contribution in [0.25, 0.3) is 0 Å². The van der Waals surface area contributed by atoms with Crippen molar-refractivity contribution in [3.63, 3.8) is 0 Å². The predicted octanol–water partition coefficient (Wildman–Crippen LogP) is 4.20. The zero-order valence-corrected chi connectivity index (χ0v) is 19.3. The summed E-state index contributed by atoms with van der Waals surface area (Å²) in [7, 11) is 1.91. The Balaban J connectivity index is 1.56. The largest absolute Gasteiger partial charge is 0.419 e. The van der Waals surface area contributed by atoms with Crippen LogP contribution in [0.4, 0.5) is 42.5 Å². The molecule has 2 aromatic heterocycles. The van der Waals surface area contributed by atoms with Gasteiger partial charge in [0.2, 0.25) is 17.8 Å². The van der Waals surface area contributed by atoms with Gasteiger partial charge in [0, 0.05) is 51.2 Å². The summed E-state index contributed by atoms with van der Waals surface area (Å²) >= 11 is 0. The van der Waals surface area contributed by atoms with Gasteiger partial charge in [0.15, 0.2) is 0 Å². The van der Waals surface area contributed by atoms with Crippen LogP contribution in [-0.2, 0) is 6.18 Å². The zero-order valence-electron chi connectivity index (χ0n) is 19.3. The SMILES string of the molecule is CC(C)N(C)c1nc(Nc2ccccc2)nc(N2CCN(c3ncccc3C(F)(F)F)CC2)n1. The number of rotatable bonds is 6. The van der Waals surface area contributed by atoms with Gasteiger partial charge in [0.05, 0.1) is 5.56 Å². The Kier molecular flexibility index (Phi) is 6.71. The lowest BCUT2D eigenvalue weighted by Crippen LogP contribution is -2.48. The molecule has 11 heteroatoms. The number of nitrogens with zero attached hydrogens (tertiary/aromatic N) is 7. The van der Waals surface area contributed by atoms with Gasteiger partial charge in [-0.3, -0.25) is 0 Å². The first-order chi connectivity index (χ1) is 16.2. The van der Waals surface area contributed by atoms with Gasteiger partial charge in [0.1, 0.15) is 5.82 Å². The monoisotopic (exact) mass is 472 g/mol. The van der Waals surface area contributed by atoms with E-state index in [-0.39, 0.29) is 11.9 Å². The Morgan fingerprint density at radius 1 is 0.912 bits per heavy atom. The summed E-state index contributed by atoms with van der Waals surface area (Å²) in [6.45, 7) is 5.71. The van der Waals surface area contributed by atoms with Crippen molar-refractivity contribution in [3.8, 4) is 0 Å². The number of alkyl halides is 3. The summed E-state index contributed by atoms with van der Waals surface area (Å²) in [5, 5.41) is 3.22. The average molecular weight is 473 g/mol. The number of nitrogens with one attached hydrogen (secondary N) is 1. The summed E-state index contributed by atoms with van der Waals surface area (Å²) in [6.07, 6.45) is -3.07. The van der Waals surface area contributed by atoms with Gasteiger partial charge in [-0.2, -0.15) is 28.1 Å². The van der Waals surface area contributed by atoms with Crippen LogP contribution >= 0.6 is 0 Å². The van der Waals surface area contributed by atoms with Crippen LogP contribution in [0.15, 0.2) is 48.7 Å². The van der Waals surface area contributed by atoms with Gasteiger partial charge >= 0.3 is 6.18 Å². The quantitative estimate of drug-likeness (QED) is 0.572. The lowest BCUT2D eigenvalue weighted by atomic mass is 10.2. The minimum Gasteiger partial charge on any atom is -0.353 e. The molecule has 1 aliphatic rings. The standard InChI is InChI=1S/C23H27F3N8/c1-16(2)32(3)21-29-20(28-17-8-5-4-6-9-17)30-22(31-21)34-14-12-33(13-15-34)19-18(23(24,25)26)10-7-11-27-19/h4-11,16H,12-15H2,1-3H3,(H,28,29,30,31). The minimum absolute atomic E-state index is 0.0445. The molecule has 0 bridgehead atoms. The zero-order chi connectivity index (χ0) is 24.3. The molecule has 34 heavy (non-hydrogen) atoms. The molecule has 8 nitrogen and oxygen atoms in total. The van der Waals surface area contributed by atoms with E-state index in [1.54, 1.807) is 4.90 Å². The molecular weight excluding hydrogens is 445 g/mol. The maximum Gasteiger partial charge on any atom is 0.419 e. The van der Waals surface area contributed by atoms with Gasteiger partial charge < -0.3 is 20.0 Å². The molecule has 3 aromatic rings. The van der Waals surface area contributed by atoms with E-state index in [1.165, 1.54) is 12.3 Å². The molecule has 0 atom stereocenters. The fourth-order valence-electron chi connectivity index (χ4n) is 3.58. The van der Waals surface area contributed by atoms with Crippen molar-refractivity contribution < 1.29 is 13.2 Å². The first-order valence-corrected chi connectivity index (χ1v) is 11.1. The van der Waals surface area contributed by atoms with E-state index in [1.807, 2.05) is 61.0 Å². The Bertz CT molecular complexity index is 1100. The maximum atomic E-state index is 13.4. The van der Waals surface area contributed by atoms with Crippen LogP contribution in [0.1, 0.15) is 19.4 Å². The number of anilines is 5. The van der Waals surface area contributed by atoms with E-state index in [0.29, 0.717) is 44.0 Å². The van der Waals surface area contributed by atoms with Crippen LogP contribution in [0.5, 0.6) is 0 Å². The molecule has 0 aliphatic carbocycles. The molecule has 1 saturated heterocycles. The van der Waals surface area contributed by atoms with Gasteiger partial charge in [-0.15, -0.1) is 0 Å². The molecule has 1 aromatic carbocycles. The second-order valence-corrected chi connectivity index (χ2v) is 8.30. The third kappa shape index (κ3) is 5.29. The Morgan fingerprint density at radius 3 is 2.24 bits per heavy atom. The fourth-order valence-corrected chi connectivity index (χ4v) is 3.58. The first kappa shape index (κ1) is 23.5. The number of piperazine rings is 1. The Morgan fingerprint density at radius 2 is 1.59 bits per heavy atom. The highest BCUT2D eigenvalue weighted by Gasteiger charge is 2.36. The van der Waals surface area contributed by atoms with Gasteiger partial charge in [0.25, 0.3) is 0 Å². The lowest BCUT2D eigenvalue weighted by molar-refractivity contribution is -0.137. The molecule has 4 rings (SSSR count). The van der Waals surface area contributed by atoms with Crippen LogP contribution in [0, 0.1) is 0 Å². The van der Waals surface area contributed by atoms with E-state index >= 15 is 0 Å². The number of pyridine rings is 1. The molecule has 1 fully saturated rings. The second kappa shape index (κ2) is 9.70. The fraction of sp³-hybridized carbons (Fsp3) is 0.391. The molecule has 0 radical (unpaired) electrons. The number of para-hydroxylation sites is 1. The van der Waals surface area contributed by atoms with Gasteiger partial charge in [-0.25, -0.2) is 4.98 Å². The number of benzene rings is 1. The highest BCUT2D eigenvalue weighted by Crippen LogP contribution is 2.35. The van der Waals surface area contributed by atoms with Crippen LogP contribution in [0.3, 0.4) is 0 Å². The topological polar surface area (TPSA) is 73.3 Å². The molecule has 0 amide bonds. The Labute approximate surface area is 196 Å². The second-order valence-electron chi connectivity index (χ2n) is 8.30. The van der Waals surface area contributed by atoms with Crippen LogP contribution < -0.4 is 20.0 Å². The number of hydrogen-bond donors (Lipinski definition) is 1. The highest BCUT2D eigenvalue weighted by atomic mass is 19.4. The summed E-state index contributed by atoms with van der Waals surface area (Å²) in [6, 6.07) is 12.1. The molecule has 180 valence electrons. The minimum atomic E-state index is -4.46. The number of hydrogen-bond acceptors (Lipinski definition) is 8.